The molecule has 2 atom stereocenters. The first kappa shape index (κ1) is 15.1. The number of thioether (sulfide) groups is 1. The molecule has 1 amide bonds. The highest BCUT2D eigenvalue weighted by molar-refractivity contribution is 7.99. The number of rotatable bonds is 5. The van der Waals surface area contributed by atoms with Crippen molar-refractivity contribution in [3.05, 3.63) is 59.8 Å². The number of hydrogen-bond donors (Lipinski definition) is 2. The number of carbonyl (C=O) groups excluding carboxylic acids is 1. The third kappa shape index (κ3) is 3.48. The van der Waals surface area contributed by atoms with Gasteiger partial charge in [0.05, 0.1) is 17.2 Å². The number of pyridine rings is 1. The van der Waals surface area contributed by atoms with Crippen LogP contribution >= 0.6 is 11.8 Å². The molecule has 3 rings (SSSR count). The van der Waals surface area contributed by atoms with E-state index in [0.29, 0.717) is 18.6 Å². The van der Waals surface area contributed by atoms with Gasteiger partial charge in [-0.05, 0) is 23.3 Å². The van der Waals surface area contributed by atoms with Crippen LogP contribution < -0.4 is 5.32 Å². The topological polar surface area (TPSA) is 62.2 Å². The van der Waals surface area contributed by atoms with Gasteiger partial charge in [-0.2, -0.15) is 0 Å². The molecule has 1 aliphatic carbocycles. The van der Waals surface area contributed by atoms with Gasteiger partial charge in [-0.15, -0.1) is 11.8 Å². The number of nitrogens with zero attached hydrogens (tertiary/aromatic N) is 1. The molecule has 2 unspecified atom stereocenters. The molecule has 114 valence electrons. The van der Waals surface area contributed by atoms with Gasteiger partial charge in [0.1, 0.15) is 0 Å². The number of amides is 1. The zero-order valence-electron chi connectivity index (χ0n) is 12.1. The van der Waals surface area contributed by atoms with Crippen molar-refractivity contribution in [2.45, 2.75) is 30.0 Å². The Bertz CT molecular complexity index is 648. The van der Waals surface area contributed by atoms with Crippen molar-refractivity contribution in [3.63, 3.8) is 0 Å². The molecule has 1 aromatic heterocycles. The molecule has 0 radical (unpaired) electrons. The third-order valence-corrected chi connectivity index (χ3v) is 4.68. The highest BCUT2D eigenvalue weighted by atomic mass is 32.2. The summed E-state index contributed by atoms with van der Waals surface area (Å²) in [4.78, 5) is 16.3. The maximum absolute atomic E-state index is 12.1. The number of aromatic nitrogens is 1. The molecule has 1 aliphatic rings. The van der Waals surface area contributed by atoms with Crippen molar-refractivity contribution >= 4 is 17.7 Å². The minimum absolute atomic E-state index is 0.0378. The number of carbonyl (C=O) groups is 1. The van der Waals surface area contributed by atoms with Gasteiger partial charge in [0.2, 0.25) is 5.91 Å². The number of fused-ring (bicyclic) bond motifs is 1. The molecule has 0 fully saturated rings. The van der Waals surface area contributed by atoms with Crippen molar-refractivity contribution in [2.75, 3.05) is 5.75 Å². The molecular weight excluding hydrogens is 296 g/mol. The molecule has 0 aliphatic heterocycles. The Labute approximate surface area is 134 Å². The summed E-state index contributed by atoms with van der Waals surface area (Å²) < 4.78 is 0. The second kappa shape index (κ2) is 6.94. The third-order valence-electron chi connectivity index (χ3n) is 3.74. The first-order chi connectivity index (χ1) is 10.7. The van der Waals surface area contributed by atoms with E-state index in [2.05, 4.69) is 10.3 Å². The predicted molar refractivity (Wildman–Crippen MR) is 86.6 cm³/mol. The molecule has 1 aromatic carbocycles. The summed E-state index contributed by atoms with van der Waals surface area (Å²) in [7, 11) is 0. The summed E-state index contributed by atoms with van der Waals surface area (Å²) in [5, 5.41) is 14.0. The number of benzene rings is 1. The molecule has 0 spiro atoms. The van der Waals surface area contributed by atoms with E-state index in [1.54, 1.807) is 18.0 Å². The summed E-state index contributed by atoms with van der Waals surface area (Å²) in [5.74, 6) is 0.636. The number of nitrogens with one attached hydrogen (secondary N) is 1. The van der Waals surface area contributed by atoms with Crippen molar-refractivity contribution in [1.82, 2.24) is 10.3 Å². The smallest absolute Gasteiger partial charge is 0.221 e. The van der Waals surface area contributed by atoms with Gasteiger partial charge in [-0.1, -0.05) is 30.3 Å². The Hall–Kier alpha value is -1.85. The van der Waals surface area contributed by atoms with E-state index in [4.69, 9.17) is 0 Å². The van der Waals surface area contributed by atoms with Crippen LogP contribution in [0.1, 0.15) is 23.6 Å². The van der Waals surface area contributed by atoms with Crippen molar-refractivity contribution in [3.8, 4) is 0 Å². The second-order valence-electron chi connectivity index (χ2n) is 5.28. The van der Waals surface area contributed by atoms with Gasteiger partial charge >= 0.3 is 0 Å². The van der Waals surface area contributed by atoms with E-state index < -0.39 is 6.10 Å². The van der Waals surface area contributed by atoms with Crippen molar-refractivity contribution in [2.24, 2.45) is 0 Å². The van der Waals surface area contributed by atoms with Crippen LogP contribution in [0.4, 0.5) is 0 Å². The van der Waals surface area contributed by atoms with Gasteiger partial charge in [0.15, 0.2) is 0 Å². The number of aliphatic hydroxyl groups excluding tert-OH is 1. The number of aliphatic hydroxyl groups is 1. The minimum atomic E-state index is -0.537. The summed E-state index contributed by atoms with van der Waals surface area (Å²) in [6.07, 6.45) is 2.22. The predicted octanol–water partition coefficient (Wildman–Crippen LogP) is 2.34. The van der Waals surface area contributed by atoms with E-state index in [9.17, 15) is 9.90 Å². The van der Waals surface area contributed by atoms with Gasteiger partial charge in [-0.3, -0.25) is 4.79 Å². The van der Waals surface area contributed by atoms with Crippen LogP contribution in [-0.2, 0) is 11.2 Å². The Kier molecular flexibility index (Phi) is 4.75. The molecule has 22 heavy (non-hydrogen) atoms. The van der Waals surface area contributed by atoms with Gasteiger partial charge in [0.25, 0.3) is 0 Å². The molecule has 0 saturated carbocycles. The maximum Gasteiger partial charge on any atom is 0.221 e. The molecule has 1 heterocycles. The average Bonchev–Trinajstić information content (AvgIpc) is 2.84. The lowest BCUT2D eigenvalue weighted by Crippen LogP contribution is -2.34. The van der Waals surface area contributed by atoms with Crippen LogP contribution in [0.25, 0.3) is 0 Å². The fraction of sp³-hybridized carbons (Fsp3) is 0.294. The van der Waals surface area contributed by atoms with Crippen LogP contribution in [0.15, 0.2) is 53.7 Å². The lowest BCUT2D eigenvalue weighted by molar-refractivity contribution is -0.122. The lowest BCUT2D eigenvalue weighted by atomic mass is 10.1. The first-order valence-corrected chi connectivity index (χ1v) is 8.31. The molecule has 2 N–H and O–H groups in total. The van der Waals surface area contributed by atoms with Crippen LogP contribution in [0.2, 0.25) is 0 Å². The molecule has 5 heteroatoms. The Morgan fingerprint density at radius 3 is 2.91 bits per heavy atom. The average molecular weight is 314 g/mol. The SMILES string of the molecule is O=C(CCSc1ccccn1)NC1c2ccccc2CC1O. The Balaban J connectivity index is 1.52. The quantitative estimate of drug-likeness (QED) is 0.832. The second-order valence-corrected chi connectivity index (χ2v) is 6.40. The van der Waals surface area contributed by atoms with Crippen molar-refractivity contribution < 1.29 is 9.90 Å². The van der Waals surface area contributed by atoms with E-state index >= 15 is 0 Å². The molecule has 4 nitrogen and oxygen atoms in total. The fourth-order valence-corrected chi connectivity index (χ4v) is 3.48. The van der Waals surface area contributed by atoms with E-state index in [1.807, 2.05) is 42.5 Å². The molecule has 0 saturated heterocycles. The monoisotopic (exact) mass is 314 g/mol. The zero-order valence-corrected chi connectivity index (χ0v) is 12.9. The minimum Gasteiger partial charge on any atom is -0.390 e. The molecule has 0 bridgehead atoms. The highest BCUT2D eigenvalue weighted by Crippen LogP contribution is 2.31. The number of hydrogen-bond acceptors (Lipinski definition) is 4. The lowest BCUT2D eigenvalue weighted by Gasteiger charge is -2.17. The van der Waals surface area contributed by atoms with E-state index in [0.717, 1.165) is 16.2 Å². The summed E-state index contributed by atoms with van der Waals surface area (Å²) >= 11 is 1.56. The van der Waals surface area contributed by atoms with Gasteiger partial charge in [-0.25, -0.2) is 4.98 Å². The normalized spacial score (nSPS) is 19.7. The van der Waals surface area contributed by atoms with E-state index in [-0.39, 0.29) is 11.9 Å². The van der Waals surface area contributed by atoms with Crippen LogP contribution in [0.3, 0.4) is 0 Å². The Morgan fingerprint density at radius 1 is 1.27 bits per heavy atom. The largest absolute Gasteiger partial charge is 0.390 e. The summed E-state index contributed by atoms with van der Waals surface area (Å²) in [5.41, 5.74) is 2.14. The molecule has 2 aromatic rings. The van der Waals surface area contributed by atoms with Crippen molar-refractivity contribution in [1.29, 1.82) is 0 Å². The summed E-state index contributed by atoms with van der Waals surface area (Å²) in [6.45, 7) is 0. The van der Waals surface area contributed by atoms with Crippen LogP contribution in [0, 0.1) is 0 Å². The van der Waals surface area contributed by atoms with Crippen LogP contribution in [0.5, 0.6) is 0 Å². The Morgan fingerprint density at radius 2 is 2.09 bits per heavy atom. The van der Waals surface area contributed by atoms with E-state index in [1.165, 1.54) is 0 Å². The molecular formula is C17H18N2O2S. The summed E-state index contributed by atoms with van der Waals surface area (Å²) in [6, 6.07) is 13.3. The van der Waals surface area contributed by atoms with Gasteiger partial charge < -0.3 is 10.4 Å². The zero-order chi connectivity index (χ0) is 15.4. The van der Waals surface area contributed by atoms with Gasteiger partial charge in [0, 0.05) is 24.8 Å². The first-order valence-electron chi connectivity index (χ1n) is 7.33. The fourth-order valence-electron chi connectivity index (χ4n) is 2.67. The highest BCUT2D eigenvalue weighted by Gasteiger charge is 2.31. The maximum atomic E-state index is 12.1. The van der Waals surface area contributed by atoms with Crippen LogP contribution in [-0.4, -0.2) is 27.9 Å². The standard InChI is InChI=1S/C17H18N2O2S/c20-14-11-12-5-1-2-6-13(12)17(14)19-15(21)8-10-22-16-7-3-4-9-18-16/h1-7,9,14,17,20H,8,10-11H2,(H,19,21).